The van der Waals surface area contributed by atoms with Gasteiger partial charge in [0.25, 0.3) is 5.91 Å². The minimum atomic E-state index is -1.47. The van der Waals surface area contributed by atoms with Crippen LogP contribution in [0.2, 0.25) is 0 Å². The molecule has 6 nitrogen and oxygen atoms in total. The number of imide groups is 2. The Morgan fingerprint density at radius 1 is 1.00 bits per heavy atom. The lowest BCUT2D eigenvalue weighted by Crippen LogP contribution is -2.73. The number of para-hydroxylation sites is 2. The lowest BCUT2D eigenvalue weighted by atomic mass is 9.66. The Kier molecular flexibility index (Phi) is 3.94. The van der Waals surface area contributed by atoms with Gasteiger partial charge in [0, 0.05) is 6.54 Å². The lowest BCUT2D eigenvalue weighted by molar-refractivity contribution is -0.145. The molecule has 0 unspecified atom stereocenters. The van der Waals surface area contributed by atoms with E-state index in [-0.39, 0.29) is 12.2 Å². The Morgan fingerprint density at radius 2 is 1.79 bits per heavy atom. The molecule has 3 heterocycles. The fraction of sp³-hybridized carbons (Fsp3) is 0.318. The largest absolute Gasteiger partial charge is 0.364 e. The number of hydrogen-bond acceptors (Lipinski definition) is 4. The zero-order valence-electron chi connectivity index (χ0n) is 15.7. The maximum atomic E-state index is 14.7. The van der Waals surface area contributed by atoms with Crippen molar-refractivity contribution in [2.75, 3.05) is 16.3 Å². The molecular weight excluding hydrogens is 373 g/mol. The van der Waals surface area contributed by atoms with Crippen LogP contribution in [0.25, 0.3) is 0 Å². The zero-order chi connectivity index (χ0) is 20.2. The number of nitrogens with zero attached hydrogens (tertiary/aromatic N) is 2. The van der Waals surface area contributed by atoms with Gasteiger partial charge in [0.05, 0.1) is 17.4 Å². The monoisotopic (exact) mass is 393 g/mol. The number of hydrogen-bond donors (Lipinski definition) is 1. The van der Waals surface area contributed by atoms with Crippen LogP contribution in [0.15, 0.2) is 48.5 Å². The summed E-state index contributed by atoms with van der Waals surface area (Å²) < 4.78 is 14.7. The highest BCUT2D eigenvalue weighted by molar-refractivity contribution is 6.30. The van der Waals surface area contributed by atoms with Gasteiger partial charge in [-0.15, -0.1) is 0 Å². The fourth-order valence-electron chi connectivity index (χ4n) is 5.07. The van der Waals surface area contributed by atoms with Crippen LogP contribution in [-0.2, 0) is 16.0 Å². The maximum absolute atomic E-state index is 14.7. The van der Waals surface area contributed by atoms with Crippen LogP contribution in [0.1, 0.15) is 24.8 Å². The Labute approximate surface area is 167 Å². The summed E-state index contributed by atoms with van der Waals surface area (Å²) in [6, 6.07) is 12.1. The maximum Gasteiger partial charge on any atom is 0.335 e. The summed E-state index contributed by atoms with van der Waals surface area (Å²) in [5.41, 5.74) is 0.0418. The molecule has 3 aliphatic heterocycles. The molecule has 0 radical (unpaired) electrons. The standard InChI is InChI=1S/C22H20FN3O3/c23-16-10-6-7-14-13-22(17-11-4-5-12-25(17)18(14)16)19(27)24-21(29)26(20(22)28)15-8-2-1-3-9-15/h1-3,6-10,17H,4-5,11-13H2,(H,24,27,29)/t17-,22+/m0/s1. The molecule has 0 aromatic heterocycles. The van der Waals surface area contributed by atoms with E-state index in [0.717, 1.165) is 17.7 Å². The summed E-state index contributed by atoms with van der Waals surface area (Å²) in [5, 5.41) is 2.40. The third-order valence-corrected chi connectivity index (χ3v) is 6.33. The summed E-state index contributed by atoms with van der Waals surface area (Å²) in [6.45, 7) is 0.570. The second-order valence-electron chi connectivity index (χ2n) is 7.84. The summed E-state index contributed by atoms with van der Waals surface area (Å²) >= 11 is 0. The van der Waals surface area contributed by atoms with Crippen molar-refractivity contribution in [3.63, 3.8) is 0 Å². The van der Waals surface area contributed by atoms with Crippen LogP contribution < -0.4 is 15.1 Å². The van der Waals surface area contributed by atoms with Crippen LogP contribution in [0, 0.1) is 11.2 Å². The van der Waals surface area contributed by atoms with Gasteiger partial charge >= 0.3 is 6.03 Å². The van der Waals surface area contributed by atoms with Crippen molar-refractivity contribution in [2.24, 2.45) is 5.41 Å². The van der Waals surface area contributed by atoms with E-state index in [1.165, 1.54) is 6.07 Å². The predicted octanol–water partition coefficient (Wildman–Crippen LogP) is 3.01. The number of amides is 4. The minimum Gasteiger partial charge on any atom is -0.364 e. The molecule has 3 aliphatic rings. The molecule has 1 N–H and O–H groups in total. The first kappa shape index (κ1) is 17.8. The van der Waals surface area contributed by atoms with Gasteiger partial charge < -0.3 is 4.90 Å². The molecule has 2 atom stereocenters. The third-order valence-electron chi connectivity index (χ3n) is 6.33. The van der Waals surface area contributed by atoms with E-state index in [9.17, 15) is 18.8 Å². The second-order valence-corrected chi connectivity index (χ2v) is 7.84. The molecule has 2 fully saturated rings. The molecule has 0 aliphatic carbocycles. The highest BCUT2D eigenvalue weighted by atomic mass is 19.1. The first-order chi connectivity index (χ1) is 14.0. The van der Waals surface area contributed by atoms with Crippen molar-refractivity contribution in [3.8, 4) is 0 Å². The molecule has 2 saturated heterocycles. The topological polar surface area (TPSA) is 69.7 Å². The highest BCUT2D eigenvalue weighted by Crippen LogP contribution is 2.48. The molecule has 1 spiro atoms. The Balaban J connectivity index is 1.69. The molecule has 0 bridgehead atoms. The smallest absolute Gasteiger partial charge is 0.335 e. The summed E-state index contributed by atoms with van der Waals surface area (Å²) in [4.78, 5) is 42.5. The van der Waals surface area contributed by atoms with Crippen LogP contribution in [0.5, 0.6) is 0 Å². The number of barbiturate groups is 1. The Hall–Kier alpha value is -3.22. The molecule has 0 saturated carbocycles. The SMILES string of the molecule is O=C1NC(=O)[C@]2(Cc3cccc(F)c3N3CCCC[C@H]32)C(=O)N1c1ccccc1. The van der Waals surface area contributed by atoms with Gasteiger partial charge in [0.2, 0.25) is 5.91 Å². The predicted molar refractivity (Wildman–Crippen MR) is 105 cm³/mol. The van der Waals surface area contributed by atoms with Crippen molar-refractivity contribution >= 4 is 29.2 Å². The summed E-state index contributed by atoms with van der Waals surface area (Å²) in [7, 11) is 0. The summed E-state index contributed by atoms with van der Waals surface area (Å²) in [6.07, 6.45) is 2.36. The first-order valence-electron chi connectivity index (χ1n) is 9.83. The molecule has 5 rings (SSSR count). The normalized spacial score (nSPS) is 26.2. The van der Waals surface area contributed by atoms with Crippen molar-refractivity contribution in [2.45, 2.75) is 31.7 Å². The molecule has 29 heavy (non-hydrogen) atoms. The third kappa shape index (κ3) is 2.43. The fourth-order valence-corrected chi connectivity index (χ4v) is 5.07. The van der Waals surface area contributed by atoms with Crippen molar-refractivity contribution < 1.29 is 18.8 Å². The van der Waals surface area contributed by atoms with E-state index in [2.05, 4.69) is 5.32 Å². The summed E-state index contributed by atoms with van der Waals surface area (Å²) in [5.74, 6) is -1.47. The van der Waals surface area contributed by atoms with E-state index in [1.54, 1.807) is 42.5 Å². The minimum absolute atomic E-state index is 0.0720. The van der Waals surface area contributed by atoms with Gasteiger partial charge in [-0.1, -0.05) is 30.3 Å². The molecule has 148 valence electrons. The highest BCUT2D eigenvalue weighted by Gasteiger charge is 2.62. The Bertz CT molecular complexity index is 1030. The number of piperidine rings is 1. The number of anilines is 2. The van der Waals surface area contributed by atoms with E-state index >= 15 is 0 Å². The number of benzene rings is 2. The van der Waals surface area contributed by atoms with Crippen LogP contribution >= 0.6 is 0 Å². The van der Waals surface area contributed by atoms with Gasteiger partial charge in [-0.25, -0.2) is 14.1 Å². The van der Waals surface area contributed by atoms with E-state index in [4.69, 9.17) is 0 Å². The molecule has 7 heteroatoms. The Morgan fingerprint density at radius 3 is 2.59 bits per heavy atom. The van der Waals surface area contributed by atoms with Crippen molar-refractivity contribution in [1.29, 1.82) is 0 Å². The van der Waals surface area contributed by atoms with Crippen LogP contribution in [0.3, 0.4) is 0 Å². The van der Waals surface area contributed by atoms with E-state index in [0.29, 0.717) is 29.9 Å². The van der Waals surface area contributed by atoms with Gasteiger partial charge in [-0.3, -0.25) is 14.9 Å². The molecule has 2 aromatic carbocycles. The van der Waals surface area contributed by atoms with E-state index < -0.39 is 29.3 Å². The van der Waals surface area contributed by atoms with Crippen LogP contribution in [-0.4, -0.2) is 30.4 Å². The molecular formula is C22H20FN3O3. The number of urea groups is 1. The van der Waals surface area contributed by atoms with Gasteiger partial charge in [0.15, 0.2) is 5.41 Å². The number of carbonyl (C=O) groups is 3. The number of carbonyl (C=O) groups excluding carboxylic acids is 3. The number of nitrogens with one attached hydrogen (secondary N) is 1. The van der Waals surface area contributed by atoms with Gasteiger partial charge in [-0.05, 0) is 49.4 Å². The van der Waals surface area contributed by atoms with Crippen molar-refractivity contribution in [3.05, 3.63) is 59.9 Å². The number of halogens is 1. The quantitative estimate of drug-likeness (QED) is 0.757. The van der Waals surface area contributed by atoms with Gasteiger partial charge in [0.1, 0.15) is 5.82 Å². The average molecular weight is 393 g/mol. The molecule has 4 amide bonds. The first-order valence-corrected chi connectivity index (χ1v) is 9.83. The second kappa shape index (κ2) is 6.40. The lowest BCUT2D eigenvalue weighted by Gasteiger charge is -2.53. The van der Waals surface area contributed by atoms with Gasteiger partial charge in [-0.2, -0.15) is 0 Å². The van der Waals surface area contributed by atoms with E-state index in [1.807, 2.05) is 4.90 Å². The average Bonchev–Trinajstić information content (AvgIpc) is 2.73. The number of fused-ring (bicyclic) bond motifs is 4. The van der Waals surface area contributed by atoms with Crippen LogP contribution in [0.4, 0.5) is 20.6 Å². The van der Waals surface area contributed by atoms with Crippen molar-refractivity contribution in [1.82, 2.24) is 5.32 Å². The zero-order valence-corrected chi connectivity index (χ0v) is 15.7. The number of rotatable bonds is 1. The molecule has 2 aromatic rings.